The van der Waals surface area contributed by atoms with E-state index in [2.05, 4.69) is 5.92 Å². The van der Waals surface area contributed by atoms with Crippen LogP contribution in [0, 0.1) is 23.7 Å². The predicted molar refractivity (Wildman–Crippen MR) is 85.7 cm³/mol. The number of hydrogen-bond acceptors (Lipinski definition) is 3. The van der Waals surface area contributed by atoms with Gasteiger partial charge in [-0.3, -0.25) is 9.59 Å². The van der Waals surface area contributed by atoms with Crippen molar-refractivity contribution < 1.29 is 36.6 Å². The molecule has 0 heterocycles. The molecule has 0 unspecified atom stereocenters. The van der Waals surface area contributed by atoms with Crippen LogP contribution in [0.5, 0.6) is 0 Å². The highest BCUT2D eigenvalue weighted by atomic mass is 19.4. The lowest BCUT2D eigenvalue weighted by molar-refractivity contribution is -0.138. The van der Waals surface area contributed by atoms with E-state index in [1.165, 1.54) is 24.3 Å². The van der Waals surface area contributed by atoms with E-state index >= 15 is 0 Å². The first-order chi connectivity index (χ1) is 12.3. The summed E-state index contributed by atoms with van der Waals surface area (Å²) in [6.45, 7) is 1.67. The summed E-state index contributed by atoms with van der Waals surface area (Å²) in [4.78, 5) is 23.6. The van der Waals surface area contributed by atoms with Gasteiger partial charge in [-0.25, -0.2) is 8.78 Å². The highest BCUT2D eigenvalue weighted by molar-refractivity contribution is 5.98. The fraction of sp³-hybridized carbons (Fsp3) is 0.333. The summed E-state index contributed by atoms with van der Waals surface area (Å²) >= 11 is 0. The number of nitrogens with one attached hydrogen (secondary N) is 1. The lowest BCUT2D eigenvalue weighted by Crippen LogP contribution is -2.58. The van der Waals surface area contributed by atoms with Crippen LogP contribution in [0.3, 0.4) is 0 Å². The topological polar surface area (TPSA) is 66.4 Å². The van der Waals surface area contributed by atoms with Crippen LogP contribution < -0.4 is 5.32 Å². The van der Waals surface area contributed by atoms with Crippen LogP contribution in [0.25, 0.3) is 0 Å². The largest absolute Gasteiger partial charge is 0.458 e. The number of aliphatic hydroxyl groups is 1. The molecule has 0 aliphatic rings. The van der Waals surface area contributed by atoms with Gasteiger partial charge in [0.05, 0.1) is 0 Å². The average Bonchev–Trinajstić information content (AvgIpc) is 2.55. The minimum Gasteiger partial charge on any atom is -0.382 e. The van der Waals surface area contributed by atoms with Gasteiger partial charge in [-0.15, -0.1) is 0 Å². The maximum absolute atomic E-state index is 12.9. The van der Waals surface area contributed by atoms with Crippen molar-refractivity contribution in [1.29, 1.82) is 0 Å². The minimum atomic E-state index is -4.65. The molecule has 0 saturated carbocycles. The highest BCUT2D eigenvalue weighted by Gasteiger charge is 2.44. The van der Waals surface area contributed by atoms with E-state index in [-0.39, 0.29) is 11.1 Å². The van der Waals surface area contributed by atoms with Crippen molar-refractivity contribution in [1.82, 2.24) is 5.32 Å². The van der Waals surface area contributed by atoms with Crippen molar-refractivity contribution in [3.8, 4) is 23.7 Å². The molecule has 0 aromatic heterocycles. The van der Waals surface area contributed by atoms with Gasteiger partial charge in [-0.05, 0) is 50.0 Å². The van der Waals surface area contributed by atoms with Gasteiger partial charge in [-0.2, -0.15) is 13.2 Å². The molecule has 0 radical (unpaired) electrons. The Morgan fingerprint density at radius 1 is 1.11 bits per heavy atom. The molecule has 2 atom stereocenters. The standard InChI is InChI=1S/C18H14F5NO3/c1-11(25)14(17(2,27)16(19)20)24-15(26)13-8-6-12(7-9-13)5-3-4-10-18(21,22)23/h6-9,14,16,27H,1-2H3,(H,24,26)/t14-,17+/m1/s1. The second kappa shape index (κ2) is 8.65. The van der Waals surface area contributed by atoms with Crippen molar-refractivity contribution in [3.05, 3.63) is 35.4 Å². The molecule has 0 aliphatic carbocycles. The zero-order chi connectivity index (χ0) is 20.8. The summed E-state index contributed by atoms with van der Waals surface area (Å²) in [6, 6.07) is 3.22. The van der Waals surface area contributed by atoms with Crippen molar-refractivity contribution in [2.24, 2.45) is 0 Å². The molecular weight excluding hydrogens is 373 g/mol. The number of hydrogen-bond donors (Lipinski definition) is 2. The molecule has 0 fully saturated rings. The van der Waals surface area contributed by atoms with Gasteiger partial charge in [0.25, 0.3) is 12.3 Å². The maximum Gasteiger partial charge on any atom is 0.458 e. The zero-order valence-electron chi connectivity index (χ0n) is 14.1. The number of benzene rings is 1. The monoisotopic (exact) mass is 387 g/mol. The van der Waals surface area contributed by atoms with Gasteiger partial charge in [0, 0.05) is 17.0 Å². The van der Waals surface area contributed by atoms with Gasteiger partial charge < -0.3 is 10.4 Å². The Bertz CT molecular complexity index is 821. The third-order valence-corrected chi connectivity index (χ3v) is 3.33. The van der Waals surface area contributed by atoms with Crippen LogP contribution in [0.15, 0.2) is 24.3 Å². The lowest BCUT2D eigenvalue weighted by Gasteiger charge is -2.30. The van der Waals surface area contributed by atoms with Crippen molar-refractivity contribution >= 4 is 11.7 Å². The van der Waals surface area contributed by atoms with E-state index in [1.54, 1.807) is 5.92 Å². The molecule has 0 spiro atoms. The second-order valence-corrected chi connectivity index (χ2v) is 5.62. The summed E-state index contributed by atoms with van der Waals surface area (Å²) in [7, 11) is 0. The highest BCUT2D eigenvalue weighted by Crippen LogP contribution is 2.21. The lowest BCUT2D eigenvalue weighted by atomic mass is 9.93. The van der Waals surface area contributed by atoms with Gasteiger partial charge in [0.1, 0.15) is 11.6 Å². The summed E-state index contributed by atoms with van der Waals surface area (Å²) in [6.07, 6.45) is -7.93. The summed E-state index contributed by atoms with van der Waals surface area (Å²) in [5, 5.41) is 11.8. The molecule has 1 aromatic carbocycles. The molecule has 0 bridgehead atoms. The number of carbonyl (C=O) groups is 2. The van der Waals surface area contributed by atoms with Crippen molar-refractivity contribution in [3.63, 3.8) is 0 Å². The first kappa shape index (κ1) is 22.1. The molecule has 27 heavy (non-hydrogen) atoms. The molecule has 9 heteroatoms. The van der Waals surface area contributed by atoms with E-state index in [0.717, 1.165) is 19.8 Å². The molecule has 4 nitrogen and oxygen atoms in total. The second-order valence-electron chi connectivity index (χ2n) is 5.62. The molecule has 1 rings (SSSR count). The Morgan fingerprint density at radius 3 is 2.11 bits per heavy atom. The Hall–Kier alpha value is -2.91. The molecule has 2 N–H and O–H groups in total. The number of ketones is 1. The van der Waals surface area contributed by atoms with Crippen molar-refractivity contribution in [2.75, 3.05) is 0 Å². The molecule has 1 amide bonds. The number of carbonyl (C=O) groups excluding carboxylic acids is 2. The fourth-order valence-corrected chi connectivity index (χ4v) is 1.91. The smallest absolute Gasteiger partial charge is 0.382 e. The first-order valence-electron chi connectivity index (χ1n) is 7.36. The fourth-order valence-electron chi connectivity index (χ4n) is 1.91. The van der Waals surface area contributed by atoms with Crippen LogP contribution in [0.2, 0.25) is 0 Å². The number of rotatable bonds is 5. The van der Waals surface area contributed by atoms with Crippen LogP contribution in [0.1, 0.15) is 29.8 Å². The molecule has 1 aromatic rings. The first-order valence-corrected chi connectivity index (χ1v) is 7.36. The van der Waals surface area contributed by atoms with Crippen LogP contribution in [0.4, 0.5) is 22.0 Å². The van der Waals surface area contributed by atoms with Crippen LogP contribution >= 0.6 is 0 Å². The Kier molecular flexibility index (Phi) is 7.09. The van der Waals surface area contributed by atoms with Gasteiger partial charge in [0.2, 0.25) is 0 Å². The van der Waals surface area contributed by atoms with E-state index in [1.807, 2.05) is 11.2 Å². The maximum atomic E-state index is 12.9. The van der Waals surface area contributed by atoms with E-state index < -0.39 is 35.9 Å². The van der Waals surface area contributed by atoms with Crippen LogP contribution in [-0.4, -0.2) is 41.0 Å². The van der Waals surface area contributed by atoms with Gasteiger partial charge >= 0.3 is 6.18 Å². The predicted octanol–water partition coefficient (Wildman–Crippen LogP) is 2.31. The SMILES string of the molecule is CC(=O)[C@@H](NC(=O)c1ccc(C#CC#CC(F)(F)F)cc1)[C@](C)(O)C(F)F. The Balaban J connectivity index is 2.92. The van der Waals surface area contributed by atoms with E-state index in [4.69, 9.17) is 0 Å². The normalized spacial score (nSPS) is 14.1. The Morgan fingerprint density at radius 2 is 1.67 bits per heavy atom. The third-order valence-electron chi connectivity index (χ3n) is 3.33. The summed E-state index contributed by atoms with van der Waals surface area (Å²) in [5.41, 5.74) is -2.53. The molecule has 0 saturated heterocycles. The quantitative estimate of drug-likeness (QED) is 0.602. The summed E-state index contributed by atoms with van der Waals surface area (Å²) in [5.74, 6) is 5.17. The van der Waals surface area contributed by atoms with E-state index in [9.17, 15) is 36.6 Å². The molecular formula is C18H14F5NO3. The average molecular weight is 387 g/mol. The van der Waals surface area contributed by atoms with Crippen molar-refractivity contribution in [2.45, 2.75) is 38.1 Å². The van der Waals surface area contributed by atoms with E-state index in [0.29, 0.717) is 0 Å². The van der Waals surface area contributed by atoms with Gasteiger partial charge in [0.15, 0.2) is 5.78 Å². The number of Topliss-reactive ketones (excluding diaryl/α,β-unsaturated/α-hetero) is 1. The zero-order valence-corrected chi connectivity index (χ0v) is 14.1. The van der Waals surface area contributed by atoms with Gasteiger partial charge in [-0.1, -0.05) is 5.92 Å². The van der Waals surface area contributed by atoms with Crippen LogP contribution in [-0.2, 0) is 4.79 Å². The molecule has 0 aliphatic heterocycles. The number of alkyl halides is 5. The minimum absolute atomic E-state index is 0.0294. The number of amides is 1. The molecule has 144 valence electrons. The third kappa shape index (κ3) is 6.72. The number of halogens is 5. The summed E-state index contributed by atoms with van der Waals surface area (Å²) < 4.78 is 61.3. The Labute approximate surface area is 151 Å².